The van der Waals surface area contributed by atoms with Crippen LogP contribution in [-0.2, 0) is 11.2 Å². The van der Waals surface area contributed by atoms with Crippen molar-refractivity contribution in [2.24, 2.45) is 5.73 Å². The lowest BCUT2D eigenvalue weighted by Gasteiger charge is -2.19. The molecule has 0 spiro atoms. The van der Waals surface area contributed by atoms with Crippen molar-refractivity contribution in [1.82, 2.24) is 5.32 Å². The largest absolute Gasteiger partial charge is 0.483 e. The summed E-state index contributed by atoms with van der Waals surface area (Å²) in [5.41, 5.74) is 6.48. The van der Waals surface area contributed by atoms with Crippen LogP contribution in [0.3, 0.4) is 0 Å². The van der Waals surface area contributed by atoms with Crippen molar-refractivity contribution in [3.05, 3.63) is 29.8 Å². The van der Waals surface area contributed by atoms with E-state index in [-0.39, 0.29) is 12.5 Å². The summed E-state index contributed by atoms with van der Waals surface area (Å²) in [4.78, 5) is 11.6. The molecule has 0 saturated heterocycles. The minimum Gasteiger partial charge on any atom is -0.483 e. The van der Waals surface area contributed by atoms with Gasteiger partial charge in [0.05, 0.1) is 0 Å². The lowest BCUT2D eigenvalue weighted by Crippen LogP contribution is -2.46. The van der Waals surface area contributed by atoms with E-state index in [1.54, 1.807) is 0 Å². The maximum atomic E-state index is 11.6. The van der Waals surface area contributed by atoms with Crippen molar-refractivity contribution in [1.29, 1.82) is 0 Å². The van der Waals surface area contributed by atoms with Crippen molar-refractivity contribution < 1.29 is 9.53 Å². The Bertz CT molecular complexity index is 397. The first-order chi connectivity index (χ1) is 8.42. The van der Waals surface area contributed by atoms with Crippen LogP contribution in [0.1, 0.15) is 26.3 Å². The second-order valence-corrected chi connectivity index (χ2v) is 5.02. The maximum absolute atomic E-state index is 11.6. The highest BCUT2D eigenvalue weighted by Crippen LogP contribution is 2.17. The Morgan fingerprint density at radius 3 is 2.67 bits per heavy atom. The molecule has 0 atom stereocenters. The summed E-state index contributed by atoms with van der Waals surface area (Å²) < 4.78 is 5.50. The predicted molar refractivity (Wildman–Crippen MR) is 72.6 cm³/mol. The zero-order valence-electron chi connectivity index (χ0n) is 11.3. The number of carbonyl (C=O) groups is 1. The molecule has 4 nitrogen and oxygen atoms in total. The van der Waals surface area contributed by atoms with Crippen LogP contribution in [0.25, 0.3) is 0 Å². The SMILES string of the molecule is CCc1ccccc1OCC(=O)NCC(C)(C)N. The molecule has 0 aliphatic carbocycles. The average Bonchev–Trinajstić information content (AvgIpc) is 2.33. The molecule has 1 rings (SSSR count). The number of ether oxygens (including phenoxy) is 1. The van der Waals surface area contributed by atoms with Gasteiger partial charge in [-0.25, -0.2) is 0 Å². The molecule has 18 heavy (non-hydrogen) atoms. The lowest BCUT2D eigenvalue weighted by atomic mass is 10.1. The number of para-hydroxylation sites is 1. The number of amides is 1. The van der Waals surface area contributed by atoms with Gasteiger partial charge in [-0.1, -0.05) is 25.1 Å². The molecule has 4 heteroatoms. The number of hydrogen-bond acceptors (Lipinski definition) is 3. The second-order valence-electron chi connectivity index (χ2n) is 5.02. The van der Waals surface area contributed by atoms with Crippen LogP contribution in [0.4, 0.5) is 0 Å². The van der Waals surface area contributed by atoms with Gasteiger partial charge in [-0.15, -0.1) is 0 Å². The summed E-state index contributed by atoms with van der Waals surface area (Å²) >= 11 is 0. The fraction of sp³-hybridized carbons (Fsp3) is 0.500. The third kappa shape index (κ3) is 5.19. The summed E-state index contributed by atoms with van der Waals surface area (Å²) in [5.74, 6) is 0.613. The summed E-state index contributed by atoms with van der Waals surface area (Å²) in [6.45, 7) is 6.23. The van der Waals surface area contributed by atoms with Crippen molar-refractivity contribution in [3.8, 4) is 5.75 Å². The monoisotopic (exact) mass is 250 g/mol. The number of benzene rings is 1. The lowest BCUT2D eigenvalue weighted by molar-refractivity contribution is -0.123. The van der Waals surface area contributed by atoms with Crippen molar-refractivity contribution in [2.45, 2.75) is 32.7 Å². The third-order valence-corrected chi connectivity index (χ3v) is 2.45. The number of hydrogen-bond donors (Lipinski definition) is 2. The van der Waals surface area contributed by atoms with E-state index < -0.39 is 5.54 Å². The van der Waals surface area contributed by atoms with E-state index in [0.29, 0.717) is 6.54 Å². The minimum absolute atomic E-state index is 0.0209. The van der Waals surface area contributed by atoms with Gasteiger partial charge in [-0.3, -0.25) is 4.79 Å². The van der Waals surface area contributed by atoms with E-state index in [9.17, 15) is 4.79 Å². The van der Waals surface area contributed by atoms with Crippen LogP contribution in [0, 0.1) is 0 Å². The van der Waals surface area contributed by atoms with E-state index in [1.165, 1.54) is 0 Å². The average molecular weight is 250 g/mol. The van der Waals surface area contributed by atoms with Gasteiger partial charge >= 0.3 is 0 Å². The number of rotatable bonds is 6. The fourth-order valence-corrected chi connectivity index (χ4v) is 1.46. The molecule has 0 radical (unpaired) electrons. The molecule has 1 aromatic rings. The summed E-state index contributed by atoms with van der Waals surface area (Å²) in [6, 6.07) is 7.73. The Labute approximate surface area is 109 Å². The van der Waals surface area contributed by atoms with Gasteiger partial charge in [-0.05, 0) is 31.9 Å². The highest BCUT2D eigenvalue weighted by Gasteiger charge is 2.12. The van der Waals surface area contributed by atoms with E-state index in [1.807, 2.05) is 38.1 Å². The van der Waals surface area contributed by atoms with Crippen molar-refractivity contribution in [2.75, 3.05) is 13.2 Å². The summed E-state index contributed by atoms with van der Waals surface area (Å²) in [6.07, 6.45) is 0.883. The Kier molecular flexibility index (Phi) is 5.16. The van der Waals surface area contributed by atoms with Crippen LogP contribution in [0.2, 0.25) is 0 Å². The molecule has 1 aromatic carbocycles. The smallest absolute Gasteiger partial charge is 0.258 e. The zero-order valence-corrected chi connectivity index (χ0v) is 11.3. The van der Waals surface area contributed by atoms with Crippen molar-refractivity contribution >= 4 is 5.91 Å². The normalized spacial score (nSPS) is 11.1. The first-order valence-electron chi connectivity index (χ1n) is 6.18. The minimum atomic E-state index is -0.406. The third-order valence-electron chi connectivity index (χ3n) is 2.45. The predicted octanol–water partition coefficient (Wildman–Crippen LogP) is 1.48. The molecule has 0 aromatic heterocycles. The Morgan fingerprint density at radius 2 is 2.06 bits per heavy atom. The number of nitrogens with one attached hydrogen (secondary N) is 1. The highest BCUT2D eigenvalue weighted by molar-refractivity contribution is 5.77. The van der Waals surface area contributed by atoms with Gasteiger partial charge in [0.2, 0.25) is 0 Å². The van der Waals surface area contributed by atoms with Gasteiger partial charge in [-0.2, -0.15) is 0 Å². The van der Waals surface area contributed by atoms with Crippen LogP contribution >= 0.6 is 0 Å². The van der Waals surface area contributed by atoms with Crippen LogP contribution in [0.5, 0.6) is 5.75 Å². The molecular weight excluding hydrogens is 228 g/mol. The maximum Gasteiger partial charge on any atom is 0.258 e. The quantitative estimate of drug-likeness (QED) is 0.804. The van der Waals surface area contributed by atoms with E-state index in [2.05, 4.69) is 12.2 Å². The highest BCUT2D eigenvalue weighted by atomic mass is 16.5. The molecule has 0 saturated carbocycles. The summed E-state index contributed by atoms with van der Waals surface area (Å²) in [5, 5.41) is 2.74. The number of aryl methyl sites for hydroxylation is 1. The topological polar surface area (TPSA) is 64.3 Å². The van der Waals surface area contributed by atoms with E-state index in [0.717, 1.165) is 17.7 Å². The Morgan fingerprint density at radius 1 is 1.39 bits per heavy atom. The molecule has 0 aliphatic rings. The second kappa shape index (κ2) is 6.40. The molecule has 0 fully saturated rings. The fourth-order valence-electron chi connectivity index (χ4n) is 1.46. The van der Waals surface area contributed by atoms with Crippen molar-refractivity contribution in [3.63, 3.8) is 0 Å². The Balaban J connectivity index is 2.43. The first-order valence-corrected chi connectivity index (χ1v) is 6.18. The number of carbonyl (C=O) groups excluding carboxylic acids is 1. The molecule has 0 heterocycles. The Hall–Kier alpha value is -1.55. The molecule has 0 unspecified atom stereocenters. The first kappa shape index (κ1) is 14.5. The van der Waals surface area contributed by atoms with Gasteiger partial charge in [0.15, 0.2) is 6.61 Å². The molecule has 3 N–H and O–H groups in total. The molecule has 100 valence electrons. The van der Waals surface area contributed by atoms with Gasteiger partial charge in [0, 0.05) is 12.1 Å². The van der Waals surface area contributed by atoms with E-state index >= 15 is 0 Å². The molecular formula is C14H22N2O2. The standard InChI is InChI=1S/C14H22N2O2/c1-4-11-7-5-6-8-12(11)18-9-13(17)16-10-14(2,3)15/h5-8H,4,9-10,15H2,1-3H3,(H,16,17). The summed E-state index contributed by atoms with van der Waals surface area (Å²) in [7, 11) is 0. The molecule has 1 amide bonds. The van der Waals surface area contributed by atoms with Crippen LogP contribution < -0.4 is 15.8 Å². The van der Waals surface area contributed by atoms with Gasteiger partial charge in [0.25, 0.3) is 5.91 Å². The zero-order chi connectivity index (χ0) is 13.6. The van der Waals surface area contributed by atoms with Crippen LogP contribution in [0.15, 0.2) is 24.3 Å². The number of nitrogens with two attached hydrogens (primary N) is 1. The molecule has 0 bridgehead atoms. The van der Waals surface area contributed by atoms with Gasteiger partial charge < -0.3 is 15.8 Å². The van der Waals surface area contributed by atoms with Crippen LogP contribution in [-0.4, -0.2) is 24.6 Å². The van der Waals surface area contributed by atoms with E-state index in [4.69, 9.17) is 10.5 Å². The molecule has 0 aliphatic heterocycles. The van der Waals surface area contributed by atoms with Gasteiger partial charge in [0.1, 0.15) is 5.75 Å².